The Morgan fingerprint density at radius 3 is 2.88 bits per heavy atom. The van der Waals surface area contributed by atoms with Crippen LogP contribution in [0.4, 0.5) is 0 Å². The third kappa shape index (κ3) is 1.64. The first-order chi connectivity index (χ1) is 8.15. The molecule has 3 rings (SSSR count). The number of hydrogen-bond donors (Lipinski definition) is 0. The Labute approximate surface area is 106 Å². The number of imidazole rings is 1. The Morgan fingerprint density at radius 1 is 1.47 bits per heavy atom. The molecule has 90 valence electrons. The molecular formula is C13H16ClN3. The van der Waals surface area contributed by atoms with Gasteiger partial charge in [0.05, 0.1) is 0 Å². The highest BCUT2D eigenvalue weighted by Crippen LogP contribution is 2.45. The van der Waals surface area contributed by atoms with E-state index >= 15 is 0 Å². The van der Waals surface area contributed by atoms with Gasteiger partial charge >= 0.3 is 0 Å². The number of hydrogen-bond acceptors (Lipinski definition) is 2. The summed E-state index contributed by atoms with van der Waals surface area (Å²) >= 11 is 5.87. The molecule has 0 radical (unpaired) electrons. The van der Waals surface area contributed by atoms with Crippen LogP contribution in [-0.2, 0) is 12.0 Å². The first-order valence-corrected chi connectivity index (χ1v) is 6.58. The second-order valence-corrected chi connectivity index (χ2v) is 5.48. The Hall–Kier alpha value is -1.09. The van der Waals surface area contributed by atoms with Crippen molar-refractivity contribution >= 4 is 22.8 Å². The second kappa shape index (κ2) is 3.70. The highest BCUT2D eigenvalue weighted by molar-refractivity contribution is 6.17. The van der Waals surface area contributed by atoms with Crippen LogP contribution in [0.1, 0.15) is 31.2 Å². The molecule has 0 N–H and O–H groups in total. The second-order valence-electron chi connectivity index (χ2n) is 5.10. The number of nitrogens with zero attached hydrogens (tertiary/aromatic N) is 3. The maximum Gasteiger partial charge on any atom is 0.160 e. The van der Waals surface area contributed by atoms with E-state index < -0.39 is 0 Å². The Bertz CT molecular complexity index is 569. The minimum Gasteiger partial charge on any atom is -0.307 e. The fourth-order valence-corrected chi connectivity index (χ4v) is 2.53. The summed E-state index contributed by atoms with van der Waals surface area (Å²) in [4.78, 5) is 9.23. The largest absolute Gasteiger partial charge is 0.307 e. The first-order valence-electron chi connectivity index (χ1n) is 6.05. The minimum absolute atomic E-state index is 0.219. The fraction of sp³-hybridized carbons (Fsp3) is 0.538. The van der Waals surface area contributed by atoms with Gasteiger partial charge in [-0.05, 0) is 38.3 Å². The minimum atomic E-state index is 0.219. The quantitative estimate of drug-likeness (QED) is 0.783. The number of aryl methyl sites for hydroxylation is 2. The van der Waals surface area contributed by atoms with Crippen LogP contribution in [-0.4, -0.2) is 20.4 Å². The van der Waals surface area contributed by atoms with Crippen molar-refractivity contribution in [1.29, 1.82) is 0 Å². The Kier molecular flexibility index (Phi) is 2.40. The topological polar surface area (TPSA) is 30.7 Å². The molecule has 0 unspecified atom stereocenters. The molecule has 0 atom stereocenters. The van der Waals surface area contributed by atoms with Gasteiger partial charge in [-0.25, -0.2) is 9.97 Å². The van der Waals surface area contributed by atoms with Crippen molar-refractivity contribution in [2.24, 2.45) is 0 Å². The van der Waals surface area contributed by atoms with Crippen molar-refractivity contribution in [3.8, 4) is 0 Å². The van der Waals surface area contributed by atoms with Crippen LogP contribution in [0.2, 0.25) is 0 Å². The summed E-state index contributed by atoms with van der Waals surface area (Å²) in [6, 6.07) is 2.01. The number of alkyl halides is 1. The molecule has 1 aliphatic carbocycles. The van der Waals surface area contributed by atoms with Crippen molar-refractivity contribution in [3.63, 3.8) is 0 Å². The van der Waals surface area contributed by atoms with E-state index in [0.717, 1.165) is 23.4 Å². The molecule has 2 heterocycles. The van der Waals surface area contributed by atoms with Crippen molar-refractivity contribution < 1.29 is 0 Å². The van der Waals surface area contributed by atoms with E-state index in [9.17, 15) is 0 Å². The molecule has 2 aromatic rings. The predicted molar refractivity (Wildman–Crippen MR) is 69.6 cm³/mol. The zero-order valence-corrected chi connectivity index (χ0v) is 11.0. The number of halogens is 1. The molecule has 0 aromatic carbocycles. The maximum atomic E-state index is 5.87. The number of aromatic nitrogens is 3. The van der Waals surface area contributed by atoms with Crippen molar-refractivity contribution in [2.45, 2.75) is 38.6 Å². The van der Waals surface area contributed by atoms with Gasteiger partial charge in [-0.2, -0.15) is 0 Å². The van der Waals surface area contributed by atoms with E-state index in [4.69, 9.17) is 16.6 Å². The van der Waals surface area contributed by atoms with Gasteiger partial charge in [0.15, 0.2) is 5.65 Å². The van der Waals surface area contributed by atoms with Crippen molar-refractivity contribution in [1.82, 2.24) is 14.5 Å². The number of rotatable bonds is 3. The summed E-state index contributed by atoms with van der Waals surface area (Å²) in [5.74, 6) is 1.69. The Balaban J connectivity index is 2.28. The van der Waals surface area contributed by atoms with Crippen LogP contribution in [0.5, 0.6) is 0 Å². The molecule has 17 heavy (non-hydrogen) atoms. The van der Waals surface area contributed by atoms with Crippen LogP contribution in [0.25, 0.3) is 11.2 Å². The van der Waals surface area contributed by atoms with E-state index in [1.54, 1.807) is 0 Å². The van der Waals surface area contributed by atoms with E-state index in [1.165, 1.54) is 18.4 Å². The third-order valence-corrected chi connectivity index (χ3v) is 3.84. The van der Waals surface area contributed by atoms with Gasteiger partial charge in [-0.3, -0.25) is 0 Å². The molecule has 0 saturated heterocycles. The molecule has 0 bridgehead atoms. The SMILES string of the molecule is Cc1ccnc2c1nc(CCCl)n2C1(C)CC1. The van der Waals surface area contributed by atoms with Crippen LogP contribution in [0.15, 0.2) is 12.3 Å². The van der Waals surface area contributed by atoms with Crippen LogP contribution in [0.3, 0.4) is 0 Å². The number of fused-ring (bicyclic) bond motifs is 1. The highest BCUT2D eigenvalue weighted by atomic mass is 35.5. The van der Waals surface area contributed by atoms with Crippen molar-refractivity contribution in [3.05, 3.63) is 23.7 Å². The summed E-state index contributed by atoms with van der Waals surface area (Å²) < 4.78 is 2.30. The van der Waals surface area contributed by atoms with Crippen LogP contribution < -0.4 is 0 Å². The lowest BCUT2D eigenvalue weighted by atomic mass is 10.2. The summed E-state index contributed by atoms with van der Waals surface area (Å²) in [7, 11) is 0. The standard InChI is InChI=1S/C13H16ClN3/c1-9-4-8-15-12-11(9)16-10(3-7-14)17(12)13(2)5-6-13/h4,8H,3,5-7H2,1-2H3. The average molecular weight is 250 g/mol. The molecule has 1 aliphatic rings. The zero-order valence-electron chi connectivity index (χ0n) is 10.2. The van der Waals surface area contributed by atoms with Gasteiger partial charge in [0.2, 0.25) is 0 Å². The van der Waals surface area contributed by atoms with Gasteiger partial charge in [0.25, 0.3) is 0 Å². The van der Waals surface area contributed by atoms with E-state index in [0.29, 0.717) is 5.88 Å². The molecule has 3 nitrogen and oxygen atoms in total. The Morgan fingerprint density at radius 2 is 2.24 bits per heavy atom. The maximum absolute atomic E-state index is 5.87. The van der Waals surface area contributed by atoms with Gasteiger partial charge in [0.1, 0.15) is 11.3 Å². The normalized spacial score (nSPS) is 17.6. The summed E-state index contributed by atoms with van der Waals surface area (Å²) in [6.07, 6.45) is 5.10. The zero-order chi connectivity index (χ0) is 12.0. The summed E-state index contributed by atoms with van der Waals surface area (Å²) in [6.45, 7) is 4.36. The first kappa shape index (κ1) is 11.0. The molecule has 1 saturated carbocycles. The van der Waals surface area contributed by atoms with E-state index in [2.05, 4.69) is 23.4 Å². The van der Waals surface area contributed by atoms with Gasteiger partial charge in [0, 0.05) is 24.0 Å². The van der Waals surface area contributed by atoms with Crippen LogP contribution in [0, 0.1) is 6.92 Å². The molecule has 0 spiro atoms. The number of pyridine rings is 1. The van der Waals surface area contributed by atoms with Gasteiger partial charge < -0.3 is 4.57 Å². The van der Waals surface area contributed by atoms with Gasteiger partial charge in [-0.1, -0.05) is 0 Å². The molecule has 4 heteroatoms. The van der Waals surface area contributed by atoms with Crippen molar-refractivity contribution in [2.75, 3.05) is 5.88 Å². The predicted octanol–water partition coefficient (Wildman–Crippen LogP) is 3.03. The third-order valence-electron chi connectivity index (χ3n) is 3.65. The van der Waals surface area contributed by atoms with E-state index in [-0.39, 0.29) is 5.54 Å². The molecular weight excluding hydrogens is 234 g/mol. The monoisotopic (exact) mass is 249 g/mol. The van der Waals surface area contributed by atoms with Crippen LogP contribution >= 0.6 is 11.6 Å². The lowest BCUT2D eigenvalue weighted by Crippen LogP contribution is -2.16. The molecule has 2 aromatic heterocycles. The molecule has 0 aliphatic heterocycles. The summed E-state index contributed by atoms with van der Waals surface area (Å²) in [5, 5.41) is 0. The van der Waals surface area contributed by atoms with Gasteiger partial charge in [-0.15, -0.1) is 11.6 Å². The fourth-order valence-electron chi connectivity index (χ4n) is 2.36. The average Bonchev–Trinajstić information content (AvgIpc) is 2.91. The highest BCUT2D eigenvalue weighted by Gasteiger charge is 2.42. The van der Waals surface area contributed by atoms with E-state index in [1.807, 2.05) is 12.3 Å². The lowest BCUT2D eigenvalue weighted by Gasteiger charge is -2.14. The molecule has 0 amide bonds. The lowest BCUT2D eigenvalue weighted by molar-refractivity contribution is 0.522. The smallest absolute Gasteiger partial charge is 0.160 e. The summed E-state index contributed by atoms with van der Waals surface area (Å²) in [5.41, 5.74) is 3.45. The molecule has 1 fully saturated rings.